The van der Waals surface area contributed by atoms with Crippen molar-refractivity contribution in [2.75, 3.05) is 33.7 Å². The van der Waals surface area contributed by atoms with E-state index < -0.39 is 0 Å². The summed E-state index contributed by atoms with van der Waals surface area (Å²) in [6.45, 7) is 1.55. The third kappa shape index (κ3) is 3.99. The fraction of sp³-hybridized carbons (Fsp3) is 0.474. The second-order valence-corrected chi connectivity index (χ2v) is 7.11. The highest BCUT2D eigenvalue weighted by Crippen LogP contribution is 2.25. The number of hydrogen-bond acceptors (Lipinski definition) is 4. The fourth-order valence-corrected chi connectivity index (χ4v) is 3.47. The first-order chi connectivity index (χ1) is 12.5. The van der Waals surface area contributed by atoms with Gasteiger partial charge in [0.1, 0.15) is 11.4 Å². The van der Waals surface area contributed by atoms with E-state index in [4.69, 9.17) is 0 Å². The van der Waals surface area contributed by atoms with E-state index in [0.29, 0.717) is 24.2 Å². The number of piperidine rings is 1. The molecular formula is C19H26N4O3. The second kappa shape index (κ2) is 7.78. The van der Waals surface area contributed by atoms with E-state index in [2.05, 4.69) is 10.3 Å². The van der Waals surface area contributed by atoms with E-state index in [1.54, 1.807) is 18.2 Å². The number of phenols is 1. The van der Waals surface area contributed by atoms with Crippen LogP contribution in [-0.4, -0.2) is 71.5 Å². The quantitative estimate of drug-likeness (QED) is 0.757. The van der Waals surface area contributed by atoms with Crippen LogP contribution < -0.4 is 5.32 Å². The van der Waals surface area contributed by atoms with Crippen molar-refractivity contribution in [1.82, 2.24) is 20.1 Å². The Balaban J connectivity index is 1.64. The van der Waals surface area contributed by atoms with Gasteiger partial charge in [0.2, 0.25) is 5.91 Å². The number of carbonyl (C=O) groups is 2. The van der Waals surface area contributed by atoms with Gasteiger partial charge in [-0.05, 0) is 51.6 Å². The monoisotopic (exact) mass is 358 g/mol. The molecule has 0 spiro atoms. The molecule has 0 bridgehead atoms. The Morgan fingerprint density at radius 1 is 1.35 bits per heavy atom. The molecule has 1 fully saturated rings. The Kier molecular flexibility index (Phi) is 5.46. The molecule has 1 atom stereocenters. The number of carbonyl (C=O) groups excluding carboxylic acids is 2. The van der Waals surface area contributed by atoms with Crippen molar-refractivity contribution < 1.29 is 14.7 Å². The van der Waals surface area contributed by atoms with Gasteiger partial charge in [-0.3, -0.25) is 9.59 Å². The Morgan fingerprint density at radius 2 is 2.15 bits per heavy atom. The number of aromatic amines is 1. The second-order valence-electron chi connectivity index (χ2n) is 7.11. The summed E-state index contributed by atoms with van der Waals surface area (Å²) in [5.74, 6) is 0.0150. The number of likely N-dealkylation sites (tertiary alicyclic amines) is 1. The van der Waals surface area contributed by atoms with Crippen molar-refractivity contribution in [1.29, 1.82) is 0 Å². The lowest BCUT2D eigenvalue weighted by Gasteiger charge is -2.36. The molecular weight excluding hydrogens is 332 g/mol. The summed E-state index contributed by atoms with van der Waals surface area (Å²) in [6.07, 6.45) is 2.96. The summed E-state index contributed by atoms with van der Waals surface area (Å²) in [6, 6.07) is 6.81. The number of aromatic nitrogens is 1. The van der Waals surface area contributed by atoms with Crippen LogP contribution in [0.25, 0.3) is 10.9 Å². The predicted molar refractivity (Wildman–Crippen MR) is 100 cm³/mol. The zero-order chi connectivity index (χ0) is 18.7. The van der Waals surface area contributed by atoms with Gasteiger partial charge in [-0.1, -0.05) is 6.07 Å². The van der Waals surface area contributed by atoms with E-state index in [1.807, 2.05) is 30.0 Å². The lowest BCUT2D eigenvalue weighted by molar-refractivity contribution is -0.135. The van der Waals surface area contributed by atoms with Crippen LogP contribution in [0.15, 0.2) is 24.3 Å². The molecule has 7 heteroatoms. The van der Waals surface area contributed by atoms with E-state index in [0.717, 1.165) is 31.3 Å². The first-order valence-corrected chi connectivity index (χ1v) is 8.99. The first kappa shape index (κ1) is 18.3. The average molecular weight is 358 g/mol. The minimum absolute atomic E-state index is 0.0259. The maximum atomic E-state index is 12.5. The van der Waals surface area contributed by atoms with Crippen LogP contribution in [0.3, 0.4) is 0 Å². The molecule has 1 aliphatic rings. The van der Waals surface area contributed by atoms with Crippen LogP contribution in [0.1, 0.15) is 29.8 Å². The van der Waals surface area contributed by atoms with Gasteiger partial charge in [0.25, 0.3) is 5.91 Å². The Labute approximate surface area is 153 Å². The number of amides is 2. The van der Waals surface area contributed by atoms with Crippen molar-refractivity contribution in [3.05, 3.63) is 30.0 Å². The van der Waals surface area contributed by atoms with Crippen LogP contribution in [0.4, 0.5) is 0 Å². The van der Waals surface area contributed by atoms with Gasteiger partial charge >= 0.3 is 0 Å². The van der Waals surface area contributed by atoms with Crippen molar-refractivity contribution in [3.63, 3.8) is 0 Å². The molecule has 2 aromatic rings. The number of nitrogens with one attached hydrogen (secondary N) is 2. The molecule has 0 aliphatic carbocycles. The molecule has 1 saturated heterocycles. The highest BCUT2D eigenvalue weighted by Gasteiger charge is 2.27. The lowest BCUT2D eigenvalue weighted by Crippen LogP contribution is -2.51. The predicted octanol–water partition coefficient (Wildman–Crippen LogP) is 1.55. The summed E-state index contributed by atoms with van der Waals surface area (Å²) in [5, 5.41) is 13.4. The van der Waals surface area contributed by atoms with Crippen molar-refractivity contribution in [3.8, 4) is 5.75 Å². The van der Waals surface area contributed by atoms with Crippen molar-refractivity contribution in [2.24, 2.45) is 0 Å². The first-order valence-electron chi connectivity index (χ1n) is 8.99. The fourth-order valence-electron chi connectivity index (χ4n) is 3.47. The third-order valence-electron chi connectivity index (χ3n) is 4.78. The number of benzene rings is 1. The smallest absolute Gasteiger partial charge is 0.267 e. The zero-order valence-electron chi connectivity index (χ0n) is 15.3. The minimum Gasteiger partial charge on any atom is -0.507 e. The maximum Gasteiger partial charge on any atom is 0.267 e. The highest BCUT2D eigenvalue weighted by molar-refractivity contribution is 5.99. The normalized spacial score (nSPS) is 17.7. The molecule has 2 heterocycles. The summed E-state index contributed by atoms with van der Waals surface area (Å²) < 4.78 is 0. The van der Waals surface area contributed by atoms with E-state index in [9.17, 15) is 14.7 Å². The maximum absolute atomic E-state index is 12.5. The van der Waals surface area contributed by atoms with Crippen LogP contribution in [0.2, 0.25) is 0 Å². The number of fused-ring (bicyclic) bond motifs is 1. The number of phenolic OH excluding ortho intramolecular Hbond substituents is 1. The molecule has 26 heavy (non-hydrogen) atoms. The number of rotatable bonds is 5. The van der Waals surface area contributed by atoms with Crippen LogP contribution in [0.5, 0.6) is 5.75 Å². The third-order valence-corrected chi connectivity index (χ3v) is 4.78. The molecule has 140 valence electrons. The highest BCUT2D eigenvalue weighted by atomic mass is 16.3. The summed E-state index contributed by atoms with van der Waals surface area (Å²) in [7, 11) is 3.76. The number of hydrogen-bond donors (Lipinski definition) is 3. The summed E-state index contributed by atoms with van der Waals surface area (Å²) in [4.78, 5) is 31.7. The van der Waals surface area contributed by atoms with Crippen LogP contribution >= 0.6 is 0 Å². The summed E-state index contributed by atoms with van der Waals surface area (Å²) in [5.41, 5.74) is 1.12. The van der Waals surface area contributed by atoms with E-state index in [1.165, 1.54) is 0 Å². The molecule has 3 rings (SSSR count). The number of likely N-dealkylation sites (N-methyl/N-ethyl adjacent to an activating group) is 1. The molecule has 7 nitrogen and oxygen atoms in total. The van der Waals surface area contributed by atoms with Gasteiger partial charge in [-0.2, -0.15) is 0 Å². The standard InChI is InChI=1S/C19H26N4O3/c1-22(2)12-18(25)23-9-4-3-6-13(23)11-20-19(26)16-10-14-15(21-16)7-5-8-17(14)24/h5,7-8,10,13,21,24H,3-4,6,9,11-12H2,1-2H3,(H,20,26)/t13-/m0/s1. The number of aromatic hydroxyl groups is 1. The van der Waals surface area contributed by atoms with Gasteiger partial charge in [-0.15, -0.1) is 0 Å². The summed E-state index contributed by atoms with van der Waals surface area (Å²) >= 11 is 0. The molecule has 0 unspecified atom stereocenters. The van der Waals surface area contributed by atoms with Crippen molar-refractivity contribution >= 4 is 22.7 Å². The Morgan fingerprint density at radius 3 is 2.88 bits per heavy atom. The van der Waals surface area contributed by atoms with Gasteiger partial charge in [0, 0.05) is 30.0 Å². The zero-order valence-corrected chi connectivity index (χ0v) is 15.3. The van der Waals surface area contributed by atoms with Gasteiger partial charge in [0.15, 0.2) is 0 Å². The van der Waals surface area contributed by atoms with Crippen LogP contribution in [0, 0.1) is 0 Å². The molecule has 1 aromatic carbocycles. The average Bonchev–Trinajstić information content (AvgIpc) is 3.05. The lowest BCUT2D eigenvalue weighted by atomic mass is 10.0. The van der Waals surface area contributed by atoms with E-state index in [-0.39, 0.29) is 23.6 Å². The SMILES string of the molecule is CN(C)CC(=O)N1CCCC[C@H]1CNC(=O)c1cc2c(O)cccc2[nH]1. The molecule has 1 aliphatic heterocycles. The number of H-pyrrole nitrogens is 1. The number of nitrogens with zero attached hydrogens (tertiary/aromatic N) is 2. The van der Waals surface area contributed by atoms with Crippen molar-refractivity contribution in [2.45, 2.75) is 25.3 Å². The molecule has 0 saturated carbocycles. The van der Waals surface area contributed by atoms with Gasteiger partial charge in [0.05, 0.1) is 6.54 Å². The van der Waals surface area contributed by atoms with E-state index >= 15 is 0 Å². The Hall–Kier alpha value is -2.54. The Bertz CT molecular complexity index is 799. The molecule has 2 amide bonds. The largest absolute Gasteiger partial charge is 0.507 e. The van der Waals surface area contributed by atoms with Gasteiger partial charge < -0.3 is 25.2 Å². The minimum atomic E-state index is -0.230. The van der Waals surface area contributed by atoms with Crippen LogP contribution in [-0.2, 0) is 4.79 Å². The topological polar surface area (TPSA) is 88.7 Å². The molecule has 3 N–H and O–H groups in total. The molecule has 1 aromatic heterocycles. The van der Waals surface area contributed by atoms with Gasteiger partial charge in [-0.25, -0.2) is 0 Å². The molecule has 0 radical (unpaired) electrons.